The molecule has 1 heterocycles. The van der Waals surface area contributed by atoms with E-state index < -0.39 is 0 Å². The van der Waals surface area contributed by atoms with Crippen molar-refractivity contribution in [2.24, 2.45) is 5.92 Å². The molecule has 0 amide bonds. The first-order valence-electron chi connectivity index (χ1n) is 7.65. The number of hydrogen-bond donors (Lipinski definition) is 0. The van der Waals surface area contributed by atoms with Crippen LogP contribution in [0.25, 0.3) is 16.8 Å². The van der Waals surface area contributed by atoms with Gasteiger partial charge in [0.05, 0.1) is 0 Å². The van der Waals surface area contributed by atoms with Crippen molar-refractivity contribution < 1.29 is 4.74 Å². The lowest BCUT2D eigenvalue weighted by Gasteiger charge is -2.21. The smallest absolute Gasteiger partial charge is 0.135 e. The fraction of sp³-hybridized carbons (Fsp3) is 0.200. The Morgan fingerprint density at radius 1 is 1.00 bits per heavy atom. The van der Waals surface area contributed by atoms with Gasteiger partial charge in [0, 0.05) is 16.9 Å². The van der Waals surface area contributed by atoms with Gasteiger partial charge < -0.3 is 4.74 Å². The molecule has 0 radical (unpaired) electrons. The molecule has 1 nitrogen and oxygen atoms in total. The standard InChI is InChI=1S/C20H16O/c1-2-7-14-13(6-1)12-18-17-10-5-11-21-20(17)16-9-4-3-8-15(16)19(14)18/h1-10,13-14H,11-12H2. The fourth-order valence-electron chi connectivity index (χ4n) is 4.13. The van der Waals surface area contributed by atoms with E-state index in [1.807, 2.05) is 0 Å². The fourth-order valence-corrected chi connectivity index (χ4v) is 4.13. The summed E-state index contributed by atoms with van der Waals surface area (Å²) >= 11 is 0. The normalized spacial score (nSPS) is 24.6. The van der Waals surface area contributed by atoms with Crippen LogP contribution in [0.2, 0.25) is 0 Å². The zero-order chi connectivity index (χ0) is 13.8. The minimum Gasteiger partial charge on any atom is -0.488 e. The van der Waals surface area contributed by atoms with Crippen molar-refractivity contribution in [3.63, 3.8) is 0 Å². The average molecular weight is 272 g/mol. The van der Waals surface area contributed by atoms with Crippen LogP contribution in [0.5, 0.6) is 5.75 Å². The molecule has 0 aromatic heterocycles. The molecule has 2 unspecified atom stereocenters. The molecule has 0 bridgehead atoms. The number of allylic oxidation sites excluding steroid dienone is 4. The number of hydrogen-bond acceptors (Lipinski definition) is 1. The number of benzene rings is 2. The highest BCUT2D eigenvalue weighted by Crippen LogP contribution is 2.50. The van der Waals surface area contributed by atoms with E-state index in [-0.39, 0.29) is 0 Å². The van der Waals surface area contributed by atoms with Gasteiger partial charge in [0.1, 0.15) is 12.4 Å². The molecule has 1 aliphatic heterocycles. The molecule has 2 aromatic rings. The van der Waals surface area contributed by atoms with Crippen LogP contribution in [0.3, 0.4) is 0 Å². The lowest BCUT2D eigenvalue weighted by Crippen LogP contribution is -2.05. The van der Waals surface area contributed by atoms with Crippen molar-refractivity contribution in [1.82, 2.24) is 0 Å². The Labute approximate surface area is 124 Å². The summed E-state index contributed by atoms with van der Waals surface area (Å²) in [5.41, 5.74) is 4.32. The Kier molecular flexibility index (Phi) is 2.23. The Morgan fingerprint density at radius 3 is 2.81 bits per heavy atom. The van der Waals surface area contributed by atoms with E-state index in [0.717, 1.165) is 12.2 Å². The second kappa shape index (κ2) is 4.11. The predicted molar refractivity (Wildman–Crippen MR) is 86.7 cm³/mol. The third kappa shape index (κ3) is 1.46. The molecule has 0 saturated heterocycles. The van der Waals surface area contributed by atoms with E-state index in [4.69, 9.17) is 4.74 Å². The first kappa shape index (κ1) is 11.4. The van der Waals surface area contributed by atoms with Crippen LogP contribution in [0, 0.1) is 5.92 Å². The van der Waals surface area contributed by atoms with Gasteiger partial charge in [0.2, 0.25) is 0 Å². The first-order valence-corrected chi connectivity index (χ1v) is 7.65. The van der Waals surface area contributed by atoms with Crippen LogP contribution in [-0.2, 0) is 6.42 Å². The lowest BCUT2D eigenvalue weighted by molar-refractivity contribution is 0.362. The zero-order valence-corrected chi connectivity index (χ0v) is 11.8. The van der Waals surface area contributed by atoms with E-state index >= 15 is 0 Å². The van der Waals surface area contributed by atoms with Crippen molar-refractivity contribution in [2.75, 3.05) is 6.61 Å². The van der Waals surface area contributed by atoms with Crippen LogP contribution in [-0.4, -0.2) is 6.61 Å². The van der Waals surface area contributed by atoms with Crippen LogP contribution in [0.15, 0.2) is 54.6 Å². The highest BCUT2D eigenvalue weighted by atomic mass is 16.5. The number of ether oxygens (including phenoxy) is 1. The molecule has 2 aromatic carbocycles. The summed E-state index contributed by atoms with van der Waals surface area (Å²) in [5.74, 6) is 2.21. The molecule has 102 valence electrons. The maximum atomic E-state index is 5.99. The Balaban J connectivity index is 1.92. The van der Waals surface area contributed by atoms with Crippen LogP contribution >= 0.6 is 0 Å². The second-order valence-electron chi connectivity index (χ2n) is 6.06. The van der Waals surface area contributed by atoms with Crippen molar-refractivity contribution in [3.05, 3.63) is 71.3 Å². The highest BCUT2D eigenvalue weighted by molar-refractivity contribution is 5.97. The third-order valence-electron chi connectivity index (χ3n) is 4.99. The van der Waals surface area contributed by atoms with E-state index in [2.05, 4.69) is 60.7 Å². The van der Waals surface area contributed by atoms with Crippen molar-refractivity contribution in [3.8, 4) is 5.75 Å². The molecule has 0 spiro atoms. The summed E-state index contributed by atoms with van der Waals surface area (Å²) in [6.07, 6.45) is 14.6. The predicted octanol–water partition coefficient (Wildman–Crippen LogP) is 4.63. The monoisotopic (exact) mass is 272 g/mol. The summed E-state index contributed by atoms with van der Waals surface area (Å²) in [4.78, 5) is 0. The van der Waals surface area contributed by atoms with Crippen molar-refractivity contribution in [2.45, 2.75) is 12.3 Å². The molecule has 3 aliphatic rings. The largest absolute Gasteiger partial charge is 0.488 e. The van der Waals surface area contributed by atoms with Gasteiger partial charge >= 0.3 is 0 Å². The second-order valence-corrected chi connectivity index (χ2v) is 6.06. The molecule has 0 saturated carbocycles. The van der Waals surface area contributed by atoms with Gasteiger partial charge in [-0.1, -0.05) is 54.6 Å². The van der Waals surface area contributed by atoms with Crippen molar-refractivity contribution in [1.29, 1.82) is 0 Å². The summed E-state index contributed by atoms with van der Waals surface area (Å²) in [5, 5.41) is 2.63. The van der Waals surface area contributed by atoms with E-state index in [0.29, 0.717) is 18.4 Å². The lowest BCUT2D eigenvalue weighted by atomic mass is 9.86. The van der Waals surface area contributed by atoms with Gasteiger partial charge in [-0.2, -0.15) is 0 Å². The quantitative estimate of drug-likeness (QED) is 0.679. The van der Waals surface area contributed by atoms with Gasteiger partial charge in [-0.25, -0.2) is 0 Å². The Morgan fingerprint density at radius 2 is 1.86 bits per heavy atom. The summed E-state index contributed by atoms with van der Waals surface area (Å²) < 4.78 is 5.99. The Bertz CT molecular complexity index is 839. The zero-order valence-electron chi connectivity index (χ0n) is 11.8. The molecule has 21 heavy (non-hydrogen) atoms. The van der Waals surface area contributed by atoms with Crippen LogP contribution < -0.4 is 4.74 Å². The maximum absolute atomic E-state index is 5.99. The molecule has 1 heteroatoms. The topological polar surface area (TPSA) is 9.23 Å². The molecule has 2 aliphatic carbocycles. The highest BCUT2D eigenvalue weighted by Gasteiger charge is 2.35. The van der Waals surface area contributed by atoms with Crippen LogP contribution in [0.4, 0.5) is 0 Å². The van der Waals surface area contributed by atoms with E-state index in [9.17, 15) is 0 Å². The minimum absolute atomic E-state index is 0.524. The van der Waals surface area contributed by atoms with Crippen molar-refractivity contribution >= 4 is 16.8 Å². The van der Waals surface area contributed by atoms with Gasteiger partial charge in [0.25, 0.3) is 0 Å². The third-order valence-corrected chi connectivity index (χ3v) is 4.99. The first-order chi connectivity index (χ1) is 10.4. The van der Waals surface area contributed by atoms with E-state index in [1.165, 1.54) is 27.5 Å². The summed E-state index contributed by atoms with van der Waals surface area (Å²) in [6.45, 7) is 0.683. The van der Waals surface area contributed by atoms with E-state index in [1.54, 1.807) is 0 Å². The Hall–Kier alpha value is -2.28. The van der Waals surface area contributed by atoms with Gasteiger partial charge in [-0.3, -0.25) is 0 Å². The molecule has 5 rings (SSSR count). The SMILES string of the molecule is C1=CC2Cc3c4c(c5ccccc5c3C2C=C1)OCC=C4. The average Bonchev–Trinajstić information content (AvgIpc) is 2.95. The van der Waals surface area contributed by atoms with Gasteiger partial charge in [-0.05, 0) is 34.9 Å². The minimum atomic E-state index is 0.524. The number of fused-ring (bicyclic) bond motifs is 8. The molecule has 2 atom stereocenters. The molecular weight excluding hydrogens is 256 g/mol. The van der Waals surface area contributed by atoms with Crippen LogP contribution in [0.1, 0.15) is 22.6 Å². The number of rotatable bonds is 0. The summed E-state index contributed by atoms with van der Waals surface area (Å²) in [7, 11) is 0. The maximum Gasteiger partial charge on any atom is 0.135 e. The molecule has 0 N–H and O–H groups in total. The molecular formula is C20H16O. The molecule has 0 fully saturated rings. The van der Waals surface area contributed by atoms with Gasteiger partial charge in [-0.15, -0.1) is 0 Å². The van der Waals surface area contributed by atoms with Gasteiger partial charge in [0.15, 0.2) is 0 Å². The summed E-state index contributed by atoms with van der Waals surface area (Å²) in [6, 6.07) is 8.71.